The first-order chi connectivity index (χ1) is 8.09. The molecule has 0 radical (unpaired) electrons. The molecule has 1 heterocycles. The number of carbonyl (C=O) groups excluding carboxylic acids is 2. The maximum absolute atomic E-state index is 12.0. The molecule has 1 aliphatic heterocycles. The van der Waals surface area contributed by atoms with Crippen LogP contribution in [0.3, 0.4) is 0 Å². The Morgan fingerprint density at radius 3 is 2.41 bits per heavy atom. The SMILES string of the molecule is CC(C)C1CC(=O)N(c2ccccc2)C(=O)N1. The zero-order valence-corrected chi connectivity index (χ0v) is 10.0. The lowest BCUT2D eigenvalue weighted by Gasteiger charge is -2.33. The van der Waals surface area contributed by atoms with Gasteiger partial charge in [0.05, 0.1) is 5.69 Å². The van der Waals surface area contributed by atoms with Crippen LogP contribution in [0, 0.1) is 5.92 Å². The predicted molar refractivity (Wildman–Crippen MR) is 65.7 cm³/mol. The zero-order valence-electron chi connectivity index (χ0n) is 10.0. The molecule has 1 aromatic rings. The Bertz CT molecular complexity index is 410. The molecule has 1 aliphatic rings. The summed E-state index contributed by atoms with van der Waals surface area (Å²) in [6, 6.07) is 8.60. The number of urea groups is 1. The highest BCUT2D eigenvalue weighted by molar-refractivity contribution is 6.16. The Balaban J connectivity index is 2.22. The number of hydrogen-bond donors (Lipinski definition) is 1. The molecule has 1 N–H and O–H groups in total. The van der Waals surface area contributed by atoms with Crippen molar-refractivity contribution in [1.82, 2.24) is 5.32 Å². The fraction of sp³-hybridized carbons (Fsp3) is 0.385. The predicted octanol–water partition coefficient (Wildman–Crippen LogP) is 2.16. The first-order valence-corrected chi connectivity index (χ1v) is 5.78. The quantitative estimate of drug-likeness (QED) is 0.849. The van der Waals surface area contributed by atoms with Crippen LogP contribution in [-0.2, 0) is 4.79 Å². The van der Waals surface area contributed by atoms with Crippen molar-refractivity contribution in [2.45, 2.75) is 26.3 Å². The molecule has 2 rings (SSSR count). The molecule has 0 aliphatic carbocycles. The van der Waals surface area contributed by atoms with Crippen LogP contribution < -0.4 is 10.2 Å². The van der Waals surface area contributed by atoms with Gasteiger partial charge in [-0.25, -0.2) is 9.69 Å². The van der Waals surface area contributed by atoms with Crippen LogP contribution in [0.5, 0.6) is 0 Å². The third kappa shape index (κ3) is 2.30. The van der Waals surface area contributed by atoms with E-state index in [1.54, 1.807) is 12.1 Å². The van der Waals surface area contributed by atoms with Gasteiger partial charge in [0.15, 0.2) is 0 Å². The molecule has 0 saturated carbocycles. The van der Waals surface area contributed by atoms with Crippen LogP contribution in [-0.4, -0.2) is 18.0 Å². The summed E-state index contributed by atoms with van der Waals surface area (Å²) in [7, 11) is 0. The topological polar surface area (TPSA) is 49.4 Å². The molecule has 0 aromatic heterocycles. The third-order valence-electron chi connectivity index (χ3n) is 2.98. The van der Waals surface area contributed by atoms with Gasteiger partial charge in [0.1, 0.15) is 0 Å². The summed E-state index contributed by atoms with van der Waals surface area (Å²) in [5.41, 5.74) is 0.622. The summed E-state index contributed by atoms with van der Waals surface area (Å²) >= 11 is 0. The van der Waals surface area contributed by atoms with Crippen molar-refractivity contribution in [3.8, 4) is 0 Å². The van der Waals surface area contributed by atoms with E-state index in [0.29, 0.717) is 12.1 Å². The van der Waals surface area contributed by atoms with Gasteiger partial charge in [-0.15, -0.1) is 0 Å². The molecule has 0 spiro atoms. The molecule has 90 valence electrons. The highest BCUT2D eigenvalue weighted by Gasteiger charge is 2.33. The fourth-order valence-corrected chi connectivity index (χ4v) is 1.91. The molecule has 4 nitrogen and oxygen atoms in total. The van der Waals surface area contributed by atoms with E-state index >= 15 is 0 Å². The second-order valence-corrected chi connectivity index (χ2v) is 4.57. The van der Waals surface area contributed by atoms with Gasteiger partial charge < -0.3 is 5.32 Å². The largest absolute Gasteiger partial charge is 0.334 e. The number of carbonyl (C=O) groups is 2. The van der Waals surface area contributed by atoms with Gasteiger partial charge in [-0.3, -0.25) is 4.79 Å². The highest BCUT2D eigenvalue weighted by Crippen LogP contribution is 2.21. The van der Waals surface area contributed by atoms with Crippen molar-refractivity contribution in [3.63, 3.8) is 0 Å². The Kier molecular flexibility index (Phi) is 3.13. The summed E-state index contributed by atoms with van der Waals surface area (Å²) in [5, 5.41) is 2.86. The lowest BCUT2D eigenvalue weighted by Crippen LogP contribution is -2.56. The van der Waals surface area contributed by atoms with Gasteiger partial charge in [-0.05, 0) is 18.1 Å². The number of benzene rings is 1. The monoisotopic (exact) mass is 232 g/mol. The van der Waals surface area contributed by atoms with Gasteiger partial charge in [-0.2, -0.15) is 0 Å². The fourth-order valence-electron chi connectivity index (χ4n) is 1.91. The molecule has 4 heteroatoms. The average Bonchev–Trinajstić information content (AvgIpc) is 2.29. The Labute approximate surface area is 101 Å². The molecule has 1 unspecified atom stereocenters. The zero-order chi connectivity index (χ0) is 12.4. The van der Waals surface area contributed by atoms with E-state index in [2.05, 4.69) is 5.32 Å². The second-order valence-electron chi connectivity index (χ2n) is 4.57. The van der Waals surface area contributed by atoms with Crippen LogP contribution in [0.15, 0.2) is 30.3 Å². The van der Waals surface area contributed by atoms with E-state index < -0.39 is 0 Å². The van der Waals surface area contributed by atoms with Crippen molar-refractivity contribution in [1.29, 1.82) is 0 Å². The molecule has 1 saturated heterocycles. The lowest BCUT2D eigenvalue weighted by molar-refractivity contribution is -0.119. The normalized spacial score (nSPS) is 20.6. The number of rotatable bonds is 2. The summed E-state index contributed by atoms with van der Waals surface area (Å²) in [6.07, 6.45) is 0.359. The standard InChI is InChI=1S/C13H16N2O2/c1-9(2)11-8-12(16)15(13(17)14-11)10-6-4-3-5-7-10/h3-7,9,11H,8H2,1-2H3,(H,14,17). The van der Waals surface area contributed by atoms with Gasteiger partial charge in [0.2, 0.25) is 5.91 Å². The number of nitrogens with zero attached hydrogens (tertiary/aromatic N) is 1. The summed E-state index contributed by atoms with van der Waals surface area (Å²) in [4.78, 5) is 25.1. The maximum atomic E-state index is 12.0. The molecule has 3 amide bonds. The number of imide groups is 1. The van der Waals surface area contributed by atoms with Crippen LogP contribution in [0.4, 0.5) is 10.5 Å². The molecule has 17 heavy (non-hydrogen) atoms. The Hall–Kier alpha value is -1.84. The summed E-state index contributed by atoms with van der Waals surface area (Å²) in [5.74, 6) is 0.125. The minimum Gasteiger partial charge on any atom is -0.334 e. The van der Waals surface area contributed by atoms with E-state index in [4.69, 9.17) is 0 Å². The van der Waals surface area contributed by atoms with Crippen molar-refractivity contribution in [3.05, 3.63) is 30.3 Å². The maximum Gasteiger partial charge on any atom is 0.328 e. The average molecular weight is 232 g/mol. The van der Waals surface area contributed by atoms with Crippen LogP contribution in [0.25, 0.3) is 0 Å². The van der Waals surface area contributed by atoms with Gasteiger partial charge in [-0.1, -0.05) is 32.0 Å². The summed E-state index contributed by atoms with van der Waals surface area (Å²) in [6.45, 7) is 3.99. The van der Waals surface area contributed by atoms with Crippen LogP contribution in [0.2, 0.25) is 0 Å². The number of hydrogen-bond acceptors (Lipinski definition) is 2. The van der Waals surface area contributed by atoms with Crippen LogP contribution >= 0.6 is 0 Å². The van der Waals surface area contributed by atoms with Crippen molar-refractivity contribution >= 4 is 17.6 Å². The van der Waals surface area contributed by atoms with Gasteiger partial charge >= 0.3 is 6.03 Å². The first kappa shape index (κ1) is 11.6. The molecule has 1 aromatic carbocycles. The number of anilines is 1. The Morgan fingerprint density at radius 1 is 1.24 bits per heavy atom. The van der Waals surface area contributed by atoms with Gasteiger partial charge in [0.25, 0.3) is 0 Å². The molecular weight excluding hydrogens is 216 g/mol. The van der Waals surface area contributed by atoms with E-state index in [9.17, 15) is 9.59 Å². The minimum atomic E-state index is -0.328. The number of para-hydroxylation sites is 1. The smallest absolute Gasteiger partial charge is 0.328 e. The molecule has 1 atom stereocenters. The van der Waals surface area contributed by atoms with E-state index in [-0.39, 0.29) is 23.9 Å². The number of amides is 3. The number of nitrogens with one attached hydrogen (secondary N) is 1. The summed E-state index contributed by atoms with van der Waals surface area (Å²) < 4.78 is 0. The van der Waals surface area contributed by atoms with E-state index in [1.165, 1.54) is 4.90 Å². The third-order valence-corrected chi connectivity index (χ3v) is 2.98. The van der Waals surface area contributed by atoms with Crippen molar-refractivity contribution in [2.75, 3.05) is 4.90 Å². The first-order valence-electron chi connectivity index (χ1n) is 5.78. The minimum absolute atomic E-state index is 0.0602. The molecule has 1 fully saturated rings. The highest BCUT2D eigenvalue weighted by atomic mass is 16.2. The van der Waals surface area contributed by atoms with E-state index in [0.717, 1.165) is 0 Å². The van der Waals surface area contributed by atoms with E-state index in [1.807, 2.05) is 32.0 Å². The lowest BCUT2D eigenvalue weighted by atomic mass is 9.98. The molecular formula is C13H16N2O2. The molecule has 0 bridgehead atoms. The van der Waals surface area contributed by atoms with Crippen molar-refractivity contribution in [2.24, 2.45) is 5.92 Å². The second kappa shape index (κ2) is 4.57. The van der Waals surface area contributed by atoms with Gasteiger partial charge in [0, 0.05) is 12.5 Å². The Morgan fingerprint density at radius 2 is 1.88 bits per heavy atom. The van der Waals surface area contributed by atoms with Crippen molar-refractivity contribution < 1.29 is 9.59 Å². The van der Waals surface area contributed by atoms with Crippen LogP contribution in [0.1, 0.15) is 20.3 Å².